The predicted molar refractivity (Wildman–Crippen MR) is 111 cm³/mol. The minimum Gasteiger partial charge on any atom is -0.355 e. The minimum atomic E-state index is -0.166. The number of aryl methyl sites for hydroxylation is 1. The van der Waals surface area contributed by atoms with Crippen LogP contribution in [0, 0.1) is 6.92 Å². The first-order chi connectivity index (χ1) is 14.2. The van der Waals surface area contributed by atoms with Crippen molar-refractivity contribution in [1.82, 2.24) is 19.9 Å². The van der Waals surface area contributed by atoms with Crippen molar-refractivity contribution in [1.29, 1.82) is 0 Å². The minimum absolute atomic E-state index is 0.166. The Balaban J connectivity index is 1.39. The number of nitrogens with one attached hydrogen (secondary N) is 1. The average molecular weight is 382 g/mol. The van der Waals surface area contributed by atoms with E-state index in [1.807, 2.05) is 72.2 Å². The van der Waals surface area contributed by atoms with Crippen LogP contribution in [0.5, 0.6) is 0 Å². The molecule has 6 heteroatoms. The smallest absolute Gasteiger partial charge is 0.251 e. The topological polar surface area (TPSA) is 72.4 Å². The van der Waals surface area contributed by atoms with Gasteiger partial charge in [0, 0.05) is 23.5 Å². The normalized spacial score (nSPS) is 11.2. The summed E-state index contributed by atoms with van der Waals surface area (Å²) in [6.45, 7) is 2.38. The van der Waals surface area contributed by atoms with Gasteiger partial charge in [-0.1, -0.05) is 35.5 Å². The van der Waals surface area contributed by atoms with Crippen molar-refractivity contribution in [3.8, 4) is 11.3 Å². The first-order valence-electron chi connectivity index (χ1n) is 9.35. The molecule has 0 bridgehead atoms. The number of hydrogen-bond donors (Lipinski definition) is 1. The van der Waals surface area contributed by atoms with Crippen molar-refractivity contribution in [2.24, 2.45) is 0 Å². The molecule has 142 valence electrons. The molecule has 5 aromatic rings. The van der Waals surface area contributed by atoms with Crippen molar-refractivity contribution in [2.75, 3.05) is 0 Å². The SMILES string of the molecule is Cc1ccn2cc(CNC(=O)c3ccc4noc(-c5ccccc5)c4c3)nc2c1. The van der Waals surface area contributed by atoms with E-state index in [9.17, 15) is 4.79 Å². The van der Waals surface area contributed by atoms with Gasteiger partial charge in [0.05, 0.1) is 17.6 Å². The Morgan fingerprint density at radius 3 is 2.83 bits per heavy atom. The summed E-state index contributed by atoms with van der Waals surface area (Å²) in [5, 5.41) is 7.85. The number of nitrogens with zero attached hydrogens (tertiary/aromatic N) is 3. The Labute approximate surface area is 166 Å². The highest BCUT2D eigenvalue weighted by atomic mass is 16.5. The second-order valence-electron chi connectivity index (χ2n) is 6.99. The summed E-state index contributed by atoms with van der Waals surface area (Å²) in [5.74, 6) is 0.492. The average Bonchev–Trinajstić information content (AvgIpc) is 3.35. The van der Waals surface area contributed by atoms with Crippen LogP contribution in [0.4, 0.5) is 0 Å². The summed E-state index contributed by atoms with van der Waals surface area (Å²) >= 11 is 0. The quantitative estimate of drug-likeness (QED) is 0.501. The molecule has 0 spiro atoms. The number of carbonyl (C=O) groups is 1. The third-order valence-corrected chi connectivity index (χ3v) is 4.87. The van der Waals surface area contributed by atoms with Gasteiger partial charge in [-0.05, 0) is 42.8 Å². The zero-order valence-corrected chi connectivity index (χ0v) is 15.8. The fraction of sp³-hybridized carbons (Fsp3) is 0.0870. The molecule has 1 amide bonds. The Kier molecular flexibility index (Phi) is 4.09. The van der Waals surface area contributed by atoms with Gasteiger partial charge < -0.3 is 14.2 Å². The molecule has 0 atom stereocenters. The summed E-state index contributed by atoms with van der Waals surface area (Å²) in [4.78, 5) is 17.3. The largest absolute Gasteiger partial charge is 0.355 e. The molecule has 0 aliphatic carbocycles. The van der Waals surface area contributed by atoms with Crippen LogP contribution in [0.2, 0.25) is 0 Å². The number of carbonyl (C=O) groups excluding carboxylic acids is 1. The maximum atomic E-state index is 12.7. The van der Waals surface area contributed by atoms with Crippen LogP contribution in [0.15, 0.2) is 77.6 Å². The molecule has 0 unspecified atom stereocenters. The zero-order valence-electron chi connectivity index (χ0n) is 15.8. The first kappa shape index (κ1) is 17.2. The fourth-order valence-electron chi connectivity index (χ4n) is 3.37. The molecule has 3 aromatic heterocycles. The Morgan fingerprint density at radius 1 is 1.10 bits per heavy atom. The van der Waals surface area contributed by atoms with Crippen LogP contribution in [-0.2, 0) is 6.54 Å². The second-order valence-corrected chi connectivity index (χ2v) is 6.99. The van der Waals surface area contributed by atoms with Crippen molar-refractivity contribution in [2.45, 2.75) is 13.5 Å². The molecule has 29 heavy (non-hydrogen) atoms. The number of rotatable bonds is 4. The van der Waals surface area contributed by atoms with Gasteiger partial charge in [-0.15, -0.1) is 0 Å². The highest BCUT2D eigenvalue weighted by Crippen LogP contribution is 2.29. The number of fused-ring (bicyclic) bond motifs is 2. The third kappa shape index (κ3) is 3.25. The van der Waals surface area contributed by atoms with Crippen LogP contribution in [0.1, 0.15) is 21.6 Å². The molecular weight excluding hydrogens is 364 g/mol. The van der Waals surface area contributed by atoms with Crippen molar-refractivity contribution in [3.05, 3.63) is 89.9 Å². The molecule has 3 heterocycles. The van der Waals surface area contributed by atoms with Crippen LogP contribution < -0.4 is 5.32 Å². The summed E-state index contributed by atoms with van der Waals surface area (Å²) in [6, 6.07) is 19.1. The Hall–Kier alpha value is -3.93. The van der Waals surface area contributed by atoms with E-state index in [0.29, 0.717) is 17.9 Å². The molecule has 5 rings (SSSR count). The lowest BCUT2D eigenvalue weighted by Gasteiger charge is -2.03. The molecule has 0 aliphatic heterocycles. The summed E-state index contributed by atoms with van der Waals surface area (Å²) in [6.07, 6.45) is 3.89. The maximum absolute atomic E-state index is 12.7. The molecule has 0 fully saturated rings. The molecule has 6 nitrogen and oxygen atoms in total. The van der Waals surface area contributed by atoms with E-state index in [1.165, 1.54) is 0 Å². The van der Waals surface area contributed by atoms with Gasteiger partial charge >= 0.3 is 0 Å². The van der Waals surface area contributed by atoms with E-state index in [0.717, 1.165) is 33.4 Å². The number of pyridine rings is 1. The van der Waals surface area contributed by atoms with E-state index in [4.69, 9.17) is 4.52 Å². The monoisotopic (exact) mass is 382 g/mol. The maximum Gasteiger partial charge on any atom is 0.251 e. The zero-order chi connectivity index (χ0) is 19.8. The van der Waals surface area contributed by atoms with Gasteiger partial charge in [0.15, 0.2) is 5.76 Å². The number of benzene rings is 2. The van der Waals surface area contributed by atoms with Crippen molar-refractivity contribution in [3.63, 3.8) is 0 Å². The van der Waals surface area contributed by atoms with Crippen LogP contribution in [0.3, 0.4) is 0 Å². The van der Waals surface area contributed by atoms with E-state index in [1.54, 1.807) is 12.1 Å². The Morgan fingerprint density at radius 2 is 1.97 bits per heavy atom. The van der Waals surface area contributed by atoms with Gasteiger partial charge in [0.2, 0.25) is 0 Å². The summed E-state index contributed by atoms with van der Waals surface area (Å²) in [5.41, 5.74) is 5.02. The van der Waals surface area contributed by atoms with E-state index < -0.39 is 0 Å². The highest BCUT2D eigenvalue weighted by molar-refractivity contribution is 6.00. The molecule has 0 aliphatic rings. The van der Waals surface area contributed by atoms with Crippen molar-refractivity contribution < 1.29 is 9.32 Å². The van der Waals surface area contributed by atoms with Gasteiger partial charge in [0.25, 0.3) is 5.91 Å². The Bertz CT molecular complexity index is 1340. The number of amides is 1. The summed E-state index contributed by atoms with van der Waals surface area (Å²) in [7, 11) is 0. The number of hydrogen-bond acceptors (Lipinski definition) is 4. The van der Waals surface area contributed by atoms with E-state index in [2.05, 4.69) is 15.5 Å². The molecule has 2 aromatic carbocycles. The molecular formula is C23H18N4O2. The number of imidazole rings is 1. The standard InChI is InChI=1S/C23H18N4O2/c1-15-9-10-27-14-18(25-21(27)11-15)13-24-23(28)17-7-8-20-19(12-17)22(29-26-20)16-5-3-2-4-6-16/h2-12,14H,13H2,1H3,(H,24,28). The molecule has 1 N–H and O–H groups in total. The van der Waals surface area contributed by atoms with Gasteiger partial charge in [-0.25, -0.2) is 4.98 Å². The number of aromatic nitrogens is 3. The molecule has 0 radical (unpaired) electrons. The summed E-state index contributed by atoms with van der Waals surface area (Å²) < 4.78 is 7.46. The predicted octanol–water partition coefficient (Wildman–Crippen LogP) is 4.38. The molecule has 0 saturated heterocycles. The van der Waals surface area contributed by atoms with Crippen LogP contribution in [0.25, 0.3) is 27.9 Å². The fourth-order valence-corrected chi connectivity index (χ4v) is 3.37. The lowest BCUT2D eigenvalue weighted by molar-refractivity contribution is 0.0950. The van der Waals surface area contributed by atoms with Crippen LogP contribution in [-0.4, -0.2) is 20.4 Å². The highest BCUT2D eigenvalue weighted by Gasteiger charge is 2.14. The lowest BCUT2D eigenvalue weighted by atomic mass is 10.1. The van der Waals surface area contributed by atoms with Gasteiger partial charge in [0.1, 0.15) is 11.2 Å². The van der Waals surface area contributed by atoms with Crippen LogP contribution >= 0.6 is 0 Å². The first-order valence-corrected chi connectivity index (χ1v) is 9.35. The van der Waals surface area contributed by atoms with E-state index >= 15 is 0 Å². The van der Waals surface area contributed by atoms with Gasteiger partial charge in [-0.3, -0.25) is 4.79 Å². The van der Waals surface area contributed by atoms with Gasteiger partial charge in [-0.2, -0.15) is 0 Å². The van der Waals surface area contributed by atoms with Crippen molar-refractivity contribution >= 4 is 22.5 Å². The van der Waals surface area contributed by atoms with E-state index in [-0.39, 0.29) is 5.91 Å². The molecule has 0 saturated carbocycles. The lowest BCUT2D eigenvalue weighted by Crippen LogP contribution is -2.22. The third-order valence-electron chi connectivity index (χ3n) is 4.87. The second kappa shape index (κ2) is 6.91.